The highest BCUT2D eigenvalue weighted by Gasteiger charge is 2.36. The molecule has 21 heavy (non-hydrogen) atoms. The van der Waals surface area contributed by atoms with E-state index in [2.05, 4.69) is 5.43 Å². The van der Waals surface area contributed by atoms with Crippen molar-refractivity contribution in [2.24, 2.45) is 0 Å². The average Bonchev–Trinajstić information content (AvgIpc) is 2.87. The average molecular weight is 324 g/mol. The molecule has 1 rings (SSSR count). The van der Waals surface area contributed by atoms with Crippen LogP contribution < -0.4 is 5.43 Å². The summed E-state index contributed by atoms with van der Waals surface area (Å²) < 4.78 is 4.82. The van der Waals surface area contributed by atoms with Gasteiger partial charge in [0.05, 0.1) is 6.61 Å². The van der Waals surface area contributed by atoms with Crippen LogP contribution in [0.2, 0.25) is 0 Å². The predicted octanol–water partition coefficient (Wildman–Crippen LogP) is 0.465. The summed E-state index contributed by atoms with van der Waals surface area (Å²) in [7, 11) is 1.45. The second kappa shape index (κ2) is 8.68. The second-order valence-electron chi connectivity index (χ2n) is 4.63. The van der Waals surface area contributed by atoms with Gasteiger partial charge in [0.25, 0.3) is 0 Å². The summed E-state index contributed by atoms with van der Waals surface area (Å²) >= 11 is 0. The number of nitrogens with zero attached hydrogens (tertiary/aromatic N) is 2. The van der Waals surface area contributed by atoms with E-state index in [9.17, 15) is 14.4 Å². The lowest BCUT2D eigenvalue weighted by atomic mass is 10.2. The number of amides is 2. The molecule has 122 valence electrons. The SMILES string of the molecule is CCOC(=O)C(C)NN(C)C(=O)N1CCC[C@H]1C(=O)O.Cl. The van der Waals surface area contributed by atoms with Crippen molar-refractivity contribution in [2.45, 2.75) is 38.8 Å². The topological polar surface area (TPSA) is 99.2 Å². The highest BCUT2D eigenvalue weighted by molar-refractivity contribution is 5.85. The summed E-state index contributed by atoms with van der Waals surface area (Å²) in [6.07, 6.45) is 1.10. The Labute approximate surface area is 129 Å². The maximum atomic E-state index is 12.2. The smallest absolute Gasteiger partial charge is 0.334 e. The lowest BCUT2D eigenvalue weighted by Crippen LogP contribution is -2.54. The molecule has 0 bridgehead atoms. The minimum atomic E-state index is -1.01. The number of carboxylic acid groups (broad SMARTS) is 1. The monoisotopic (exact) mass is 323 g/mol. The number of aliphatic carboxylic acids is 1. The van der Waals surface area contributed by atoms with Crippen LogP contribution in [0.25, 0.3) is 0 Å². The molecule has 0 aliphatic carbocycles. The van der Waals surface area contributed by atoms with Crippen LogP contribution in [-0.4, -0.2) is 65.3 Å². The zero-order valence-corrected chi connectivity index (χ0v) is 13.2. The molecule has 8 nitrogen and oxygen atoms in total. The molecule has 0 radical (unpaired) electrons. The van der Waals surface area contributed by atoms with Crippen molar-refractivity contribution in [3.05, 3.63) is 0 Å². The first-order chi connectivity index (χ1) is 9.38. The molecule has 0 spiro atoms. The highest BCUT2D eigenvalue weighted by Crippen LogP contribution is 2.18. The van der Waals surface area contributed by atoms with Crippen molar-refractivity contribution in [1.82, 2.24) is 15.3 Å². The molecule has 0 aromatic carbocycles. The Balaban J connectivity index is 0.00000400. The number of carbonyl (C=O) groups is 3. The van der Waals surface area contributed by atoms with Gasteiger partial charge in [-0.3, -0.25) is 9.80 Å². The summed E-state index contributed by atoms with van der Waals surface area (Å²) in [6, 6.07) is -1.95. The summed E-state index contributed by atoms with van der Waals surface area (Å²) in [5.74, 6) is -1.48. The minimum Gasteiger partial charge on any atom is -0.480 e. The maximum absolute atomic E-state index is 12.2. The standard InChI is InChI=1S/C12H21N3O5.ClH/c1-4-20-11(18)8(2)13-14(3)12(19)15-7-5-6-9(15)10(16)17;/h8-9,13H,4-7H2,1-3H3,(H,16,17);1H/t8?,9-;/m0./s1. The zero-order valence-electron chi connectivity index (χ0n) is 12.4. The number of nitrogens with one attached hydrogen (secondary N) is 1. The molecular weight excluding hydrogens is 302 g/mol. The third-order valence-corrected chi connectivity index (χ3v) is 3.10. The van der Waals surface area contributed by atoms with Gasteiger partial charge in [-0.1, -0.05) is 0 Å². The molecule has 1 aliphatic heterocycles. The molecular formula is C12H22ClN3O5. The van der Waals surface area contributed by atoms with Crippen molar-refractivity contribution in [3.63, 3.8) is 0 Å². The van der Waals surface area contributed by atoms with Gasteiger partial charge in [0, 0.05) is 13.6 Å². The van der Waals surface area contributed by atoms with E-state index in [0.29, 0.717) is 19.4 Å². The normalized spacial score (nSPS) is 18.6. The van der Waals surface area contributed by atoms with Crippen molar-refractivity contribution in [1.29, 1.82) is 0 Å². The van der Waals surface area contributed by atoms with Crippen molar-refractivity contribution >= 4 is 30.4 Å². The fourth-order valence-corrected chi connectivity index (χ4v) is 2.11. The molecule has 1 fully saturated rings. The van der Waals surface area contributed by atoms with Crippen molar-refractivity contribution in [3.8, 4) is 0 Å². The second-order valence-corrected chi connectivity index (χ2v) is 4.63. The summed E-state index contributed by atoms with van der Waals surface area (Å²) in [5, 5.41) is 10.2. The van der Waals surface area contributed by atoms with Crippen LogP contribution in [0.3, 0.4) is 0 Å². The van der Waals surface area contributed by atoms with Crippen LogP contribution >= 0.6 is 12.4 Å². The van der Waals surface area contributed by atoms with Gasteiger partial charge in [-0.2, -0.15) is 0 Å². The van der Waals surface area contributed by atoms with Crippen LogP contribution in [0.15, 0.2) is 0 Å². The molecule has 2 N–H and O–H groups in total. The van der Waals surface area contributed by atoms with E-state index in [1.165, 1.54) is 11.9 Å². The molecule has 1 aliphatic rings. The lowest BCUT2D eigenvalue weighted by molar-refractivity contribution is -0.146. The van der Waals surface area contributed by atoms with Gasteiger partial charge in [0.15, 0.2) is 0 Å². The number of hydrogen-bond donors (Lipinski definition) is 2. The van der Waals surface area contributed by atoms with Crippen molar-refractivity contribution in [2.75, 3.05) is 20.2 Å². The number of likely N-dealkylation sites (tertiary alicyclic amines) is 1. The Morgan fingerprint density at radius 2 is 2.10 bits per heavy atom. The van der Waals surface area contributed by atoms with Gasteiger partial charge in [0.1, 0.15) is 12.1 Å². The fraction of sp³-hybridized carbons (Fsp3) is 0.750. The van der Waals surface area contributed by atoms with Crippen LogP contribution in [0.1, 0.15) is 26.7 Å². The van der Waals surface area contributed by atoms with E-state index in [-0.39, 0.29) is 19.0 Å². The number of halogens is 1. The molecule has 1 saturated heterocycles. The van der Waals surface area contributed by atoms with E-state index < -0.39 is 30.1 Å². The third-order valence-electron chi connectivity index (χ3n) is 3.10. The Morgan fingerprint density at radius 3 is 2.62 bits per heavy atom. The summed E-state index contributed by atoms with van der Waals surface area (Å²) in [4.78, 5) is 35.9. The first-order valence-electron chi connectivity index (χ1n) is 6.58. The Bertz CT molecular complexity index is 393. The molecule has 2 atom stereocenters. The quantitative estimate of drug-likeness (QED) is 0.563. The molecule has 0 aromatic rings. The number of esters is 1. The zero-order chi connectivity index (χ0) is 15.3. The van der Waals surface area contributed by atoms with Gasteiger partial charge >= 0.3 is 18.0 Å². The third kappa shape index (κ3) is 5.05. The molecule has 1 unspecified atom stereocenters. The Hall–Kier alpha value is -1.54. The Kier molecular flexibility index (Phi) is 8.05. The number of hydrogen-bond acceptors (Lipinski definition) is 5. The first-order valence-corrected chi connectivity index (χ1v) is 6.58. The molecule has 0 aromatic heterocycles. The molecule has 9 heteroatoms. The van der Waals surface area contributed by atoms with Gasteiger partial charge in [-0.25, -0.2) is 15.0 Å². The Morgan fingerprint density at radius 1 is 1.48 bits per heavy atom. The minimum absolute atomic E-state index is 0. The van der Waals surface area contributed by atoms with Gasteiger partial charge < -0.3 is 14.7 Å². The number of carboxylic acids is 1. The van der Waals surface area contributed by atoms with E-state index in [4.69, 9.17) is 9.84 Å². The van der Waals surface area contributed by atoms with Gasteiger partial charge in [0.2, 0.25) is 0 Å². The summed E-state index contributed by atoms with van der Waals surface area (Å²) in [5.41, 5.74) is 2.68. The molecule has 1 heterocycles. The number of urea groups is 1. The lowest BCUT2D eigenvalue weighted by Gasteiger charge is -2.29. The number of rotatable bonds is 5. The van der Waals surface area contributed by atoms with Crippen molar-refractivity contribution < 1.29 is 24.2 Å². The fourth-order valence-electron chi connectivity index (χ4n) is 2.11. The number of hydrazine groups is 1. The van der Waals surface area contributed by atoms with E-state index in [1.807, 2.05) is 0 Å². The van der Waals surface area contributed by atoms with E-state index in [0.717, 1.165) is 5.01 Å². The number of ether oxygens (including phenoxy) is 1. The maximum Gasteiger partial charge on any atom is 0.334 e. The highest BCUT2D eigenvalue weighted by atomic mass is 35.5. The first kappa shape index (κ1) is 19.5. The van der Waals surface area contributed by atoms with Crippen LogP contribution in [0, 0.1) is 0 Å². The number of carbonyl (C=O) groups excluding carboxylic acids is 2. The summed E-state index contributed by atoms with van der Waals surface area (Å²) in [6.45, 7) is 3.92. The predicted molar refractivity (Wildman–Crippen MR) is 77.0 cm³/mol. The van der Waals surface area contributed by atoms with E-state index >= 15 is 0 Å². The van der Waals surface area contributed by atoms with Gasteiger partial charge in [-0.15, -0.1) is 12.4 Å². The molecule has 2 amide bonds. The van der Waals surface area contributed by atoms with E-state index in [1.54, 1.807) is 13.8 Å². The molecule has 0 saturated carbocycles. The van der Waals surface area contributed by atoms with Crippen LogP contribution in [-0.2, 0) is 14.3 Å². The van der Waals surface area contributed by atoms with Crippen LogP contribution in [0.5, 0.6) is 0 Å². The van der Waals surface area contributed by atoms with Crippen LogP contribution in [0.4, 0.5) is 4.79 Å². The largest absolute Gasteiger partial charge is 0.480 e. The van der Waals surface area contributed by atoms with Gasteiger partial charge in [-0.05, 0) is 26.7 Å².